The van der Waals surface area contributed by atoms with Crippen LogP contribution in [0.15, 0.2) is 34.3 Å². The highest BCUT2D eigenvalue weighted by Crippen LogP contribution is 2.18. The van der Waals surface area contributed by atoms with E-state index in [2.05, 4.69) is 12.2 Å². The Labute approximate surface area is 104 Å². The van der Waals surface area contributed by atoms with E-state index in [1.54, 1.807) is 17.6 Å². The van der Waals surface area contributed by atoms with Crippen molar-refractivity contribution in [3.05, 3.63) is 45.5 Å². The van der Waals surface area contributed by atoms with Crippen molar-refractivity contribution in [2.75, 3.05) is 0 Å². The zero-order valence-corrected chi connectivity index (χ0v) is 10.6. The van der Waals surface area contributed by atoms with Crippen LogP contribution >= 0.6 is 22.9 Å². The van der Waals surface area contributed by atoms with Gasteiger partial charge in [-0.05, 0) is 25.1 Å². The lowest BCUT2D eigenvalue weighted by Gasteiger charge is -2.11. The molecule has 0 saturated heterocycles. The predicted molar refractivity (Wildman–Crippen MR) is 68.0 cm³/mol. The van der Waals surface area contributed by atoms with E-state index in [0.717, 1.165) is 23.7 Å². The summed E-state index contributed by atoms with van der Waals surface area (Å²) in [5.41, 5.74) is 0. The van der Waals surface area contributed by atoms with Crippen molar-refractivity contribution in [2.24, 2.45) is 0 Å². The van der Waals surface area contributed by atoms with Gasteiger partial charge in [-0.1, -0.05) is 11.6 Å². The van der Waals surface area contributed by atoms with E-state index in [1.807, 2.05) is 23.6 Å². The van der Waals surface area contributed by atoms with E-state index in [-0.39, 0.29) is 0 Å². The molecule has 1 unspecified atom stereocenters. The summed E-state index contributed by atoms with van der Waals surface area (Å²) in [6.07, 6.45) is 2.62. The summed E-state index contributed by atoms with van der Waals surface area (Å²) in [6, 6.07) is 6.31. The molecule has 0 saturated carbocycles. The van der Waals surface area contributed by atoms with Crippen LogP contribution in [0.4, 0.5) is 0 Å². The molecule has 0 aliphatic carbocycles. The highest BCUT2D eigenvalue weighted by molar-refractivity contribution is 7.10. The van der Waals surface area contributed by atoms with Crippen LogP contribution in [0.1, 0.15) is 17.6 Å². The van der Waals surface area contributed by atoms with Gasteiger partial charge in [-0.2, -0.15) is 0 Å². The Morgan fingerprint density at radius 3 is 3.06 bits per heavy atom. The topological polar surface area (TPSA) is 25.2 Å². The van der Waals surface area contributed by atoms with E-state index >= 15 is 0 Å². The van der Waals surface area contributed by atoms with Gasteiger partial charge in [0.05, 0.1) is 11.3 Å². The van der Waals surface area contributed by atoms with Crippen molar-refractivity contribution in [1.82, 2.24) is 5.32 Å². The third-order valence-electron chi connectivity index (χ3n) is 2.33. The van der Waals surface area contributed by atoms with Crippen molar-refractivity contribution in [3.8, 4) is 0 Å². The van der Waals surface area contributed by atoms with Crippen LogP contribution in [0.3, 0.4) is 0 Å². The molecule has 0 fully saturated rings. The summed E-state index contributed by atoms with van der Waals surface area (Å²) >= 11 is 7.54. The SMILES string of the molecule is CC(Cc1ccco1)NCc1cc(Cl)cs1. The molecule has 2 aromatic heterocycles. The van der Waals surface area contributed by atoms with Crippen molar-refractivity contribution >= 4 is 22.9 Å². The van der Waals surface area contributed by atoms with Crippen molar-refractivity contribution in [3.63, 3.8) is 0 Å². The van der Waals surface area contributed by atoms with Crippen molar-refractivity contribution in [2.45, 2.75) is 25.9 Å². The summed E-state index contributed by atoms with van der Waals surface area (Å²) in [5, 5.41) is 6.22. The number of hydrogen-bond donors (Lipinski definition) is 1. The molecule has 2 nitrogen and oxygen atoms in total. The maximum atomic E-state index is 5.86. The first-order chi connectivity index (χ1) is 7.74. The Hall–Kier alpha value is -0.770. The first-order valence-electron chi connectivity index (χ1n) is 5.22. The number of halogens is 1. The van der Waals surface area contributed by atoms with Crippen molar-refractivity contribution < 1.29 is 4.42 Å². The van der Waals surface area contributed by atoms with Gasteiger partial charge >= 0.3 is 0 Å². The fourth-order valence-electron chi connectivity index (χ4n) is 1.52. The quantitative estimate of drug-likeness (QED) is 0.881. The van der Waals surface area contributed by atoms with Gasteiger partial charge in [0, 0.05) is 29.3 Å². The largest absolute Gasteiger partial charge is 0.469 e. The van der Waals surface area contributed by atoms with Crippen LogP contribution in [-0.4, -0.2) is 6.04 Å². The van der Waals surface area contributed by atoms with E-state index in [0.29, 0.717) is 6.04 Å². The van der Waals surface area contributed by atoms with Gasteiger partial charge in [0.25, 0.3) is 0 Å². The molecule has 16 heavy (non-hydrogen) atoms. The van der Waals surface area contributed by atoms with Crippen LogP contribution in [0.25, 0.3) is 0 Å². The van der Waals surface area contributed by atoms with E-state index < -0.39 is 0 Å². The minimum Gasteiger partial charge on any atom is -0.469 e. The van der Waals surface area contributed by atoms with E-state index in [4.69, 9.17) is 16.0 Å². The van der Waals surface area contributed by atoms with Crippen LogP contribution < -0.4 is 5.32 Å². The molecular weight excluding hydrogens is 242 g/mol. The van der Waals surface area contributed by atoms with Crippen LogP contribution in [0.2, 0.25) is 5.02 Å². The third kappa shape index (κ3) is 3.37. The fraction of sp³-hybridized carbons (Fsp3) is 0.333. The van der Waals surface area contributed by atoms with E-state index in [9.17, 15) is 0 Å². The fourth-order valence-corrected chi connectivity index (χ4v) is 2.55. The Morgan fingerprint density at radius 2 is 2.44 bits per heavy atom. The van der Waals surface area contributed by atoms with Gasteiger partial charge in [0.15, 0.2) is 0 Å². The summed E-state index contributed by atoms with van der Waals surface area (Å²) in [4.78, 5) is 1.26. The summed E-state index contributed by atoms with van der Waals surface area (Å²) in [7, 11) is 0. The molecule has 0 spiro atoms. The predicted octanol–water partition coefficient (Wildman–Crippen LogP) is 3.72. The van der Waals surface area contributed by atoms with Crippen molar-refractivity contribution in [1.29, 1.82) is 0 Å². The molecule has 0 radical (unpaired) electrons. The van der Waals surface area contributed by atoms with Crippen LogP contribution in [-0.2, 0) is 13.0 Å². The number of thiophene rings is 1. The lowest BCUT2D eigenvalue weighted by atomic mass is 10.2. The highest BCUT2D eigenvalue weighted by Gasteiger charge is 2.05. The van der Waals surface area contributed by atoms with Crippen LogP contribution in [0, 0.1) is 0 Å². The number of hydrogen-bond acceptors (Lipinski definition) is 3. The van der Waals surface area contributed by atoms with Gasteiger partial charge < -0.3 is 9.73 Å². The minimum absolute atomic E-state index is 0.395. The van der Waals surface area contributed by atoms with Gasteiger partial charge in [0.2, 0.25) is 0 Å². The normalized spacial score (nSPS) is 12.9. The lowest BCUT2D eigenvalue weighted by molar-refractivity contribution is 0.457. The molecule has 4 heteroatoms. The summed E-state index contributed by atoms with van der Waals surface area (Å²) in [5.74, 6) is 1.02. The number of furan rings is 1. The second kappa shape index (κ2) is 5.53. The summed E-state index contributed by atoms with van der Waals surface area (Å²) < 4.78 is 5.30. The van der Waals surface area contributed by atoms with Gasteiger partial charge in [-0.3, -0.25) is 0 Å². The Kier molecular flexibility index (Phi) is 4.04. The molecule has 2 aromatic rings. The molecule has 1 atom stereocenters. The molecular formula is C12H14ClNOS. The standard InChI is InChI=1S/C12H14ClNOS/c1-9(5-11-3-2-4-15-11)14-7-12-6-10(13)8-16-12/h2-4,6,8-9,14H,5,7H2,1H3. The highest BCUT2D eigenvalue weighted by atomic mass is 35.5. The maximum absolute atomic E-state index is 5.86. The molecule has 1 N–H and O–H groups in total. The smallest absolute Gasteiger partial charge is 0.105 e. The molecule has 2 heterocycles. The third-order valence-corrected chi connectivity index (χ3v) is 3.62. The Bertz CT molecular complexity index is 424. The van der Waals surface area contributed by atoms with Crippen LogP contribution in [0.5, 0.6) is 0 Å². The molecule has 0 bridgehead atoms. The monoisotopic (exact) mass is 255 g/mol. The molecule has 86 valence electrons. The Morgan fingerprint density at radius 1 is 1.56 bits per heavy atom. The molecule has 0 aromatic carbocycles. The lowest BCUT2D eigenvalue weighted by Crippen LogP contribution is -2.26. The molecule has 0 aliphatic rings. The van der Waals surface area contributed by atoms with Gasteiger partial charge in [0.1, 0.15) is 5.76 Å². The summed E-state index contributed by atoms with van der Waals surface area (Å²) in [6.45, 7) is 3.01. The molecule has 2 rings (SSSR count). The van der Waals surface area contributed by atoms with Gasteiger partial charge in [-0.15, -0.1) is 11.3 Å². The first-order valence-corrected chi connectivity index (χ1v) is 6.48. The second-order valence-electron chi connectivity index (χ2n) is 3.80. The first kappa shape index (κ1) is 11.7. The maximum Gasteiger partial charge on any atom is 0.105 e. The average molecular weight is 256 g/mol. The molecule has 0 aliphatic heterocycles. The van der Waals surface area contributed by atoms with E-state index in [1.165, 1.54) is 4.88 Å². The second-order valence-corrected chi connectivity index (χ2v) is 5.23. The Balaban J connectivity index is 1.77. The zero-order chi connectivity index (χ0) is 11.4. The minimum atomic E-state index is 0.395. The zero-order valence-electron chi connectivity index (χ0n) is 9.07. The number of rotatable bonds is 5. The average Bonchev–Trinajstić information content (AvgIpc) is 2.87. The number of nitrogens with one attached hydrogen (secondary N) is 1. The molecule has 0 amide bonds. The van der Waals surface area contributed by atoms with Gasteiger partial charge in [-0.25, -0.2) is 0 Å².